The summed E-state index contributed by atoms with van der Waals surface area (Å²) in [7, 11) is 0. The molecule has 4 nitrogen and oxygen atoms in total. The van der Waals surface area contributed by atoms with Gasteiger partial charge in [-0.25, -0.2) is 0 Å². The average molecular weight is 347 g/mol. The van der Waals surface area contributed by atoms with Gasteiger partial charge in [-0.1, -0.05) is 42.0 Å². The molecule has 0 unspecified atom stereocenters. The van der Waals surface area contributed by atoms with Gasteiger partial charge in [-0.15, -0.1) is 0 Å². The lowest BCUT2D eigenvalue weighted by molar-refractivity contribution is -0.136. The summed E-state index contributed by atoms with van der Waals surface area (Å²) in [5.74, 6) is -1.35. The van der Waals surface area contributed by atoms with Gasteiger partial charge in [-0.2, -0.15) is 0 Å². The van der Waals surface area contributed by atoms with Gasteiger partial charge in [0.2, 0.25) is 0 Å². The average Bonchev–Trinajstić information content (AvgIpc) is 2.48. The fourth-order valence-corrected chi connectivity index (χ4v) is 2.09. The Labute approximate surface area is 131 Å². The maximum absolute atomic E-state index is 11.8. The van der Waals surface area contributed by atoms with Crippen LogP contribution in [0.15, 0.2) is 53.0 Å². The fourth-order valence-electron chi connectivity index (χ4n) is 1.71. The van der Waals surface area contributed by atoms with Gasteiger partial charge in [0.25, 0.3) is 0 Å². The second-order valence-electron chi connectivity index (χ2n) is 4.60. The number of nitrogens with one attached hydrogen (secondary N) is 2. The zero-order chi connectivity index (χ0) is 15.2. The molecule has 0 saturated heterocycles. The van der Waals surface area contributed by atoms with Crippen molar-refractivity contribution >= 4 is 33.4 Å². The molecule has 0 bridgehead atoms. The molecule has 0 atom stereocenters. The molecule has 0 aliphatic carbocycles. The number of hydrogen-bond acceptors (Lipinski definition) is 2. The molecule has 0 aliphatic rings. The Kier molecular flexibility index (Phi) is 5.11. The Hall–Kier alpha value is -2.14. The lowest BCUT2D eigenvalue weighted by atomic mass is 10.1. The van der Waals surface area contributed by atoms with Gasteiger partial charge in [0.15, 0.2) is 0 Å². The zero-order valence-corrected chi connectivity index (χ0v) is 13.1. The van der Waals surface area contributed by atoms with Crippen molar-refractivity contribution in [1.82, 2.24) is 5.32 Å². The number of para-hydroxylation sites is 1. The van der Waals surface area contributed by atoms with E-state index in [0.29, 0.717) is 12.2 Å². The second kappa shape index (κ2) is 7.04. The van der Waals surface area contributed by atoms with Gasteiger partial charge in [-0.3, -0.25) is 9.59 Å². The topological polar surface area (TPSA) is 58.2 Å². The SMILES string of the molecule is Cc1ccc(CNC(=O)C(=O)Nc2ccccc2Br)cc1. The smallest absolute Gasteiger partial charge is 0.313 e. The fraction of sp³-hybridized carbons (Fsp3) is 0.125. The Morgan fingerprint density at radius 1 is 1.00 bits per heavy atom. The van der Waals surface area contributed by atoms with E-state index in [1.165, 1.54) is 0 Å². The van der Waals surface area contributed by atoms with Crippen molar-refractivity contribution in [2.45, 2.75) is 13.5 Å². The van der Waals surface area contributed by atoms with Gasteiger partial charge >= 0.3 is 11.8 Å². The number of rotatable bonds is 3. The summed E-state index contributed by atoms with van der Waals surface area (Å²) in [6.45, 7) is 2.32. The summed E-state index contributed by atoms with van der Waals surface area (Å²) in [5, 5.41) is 5.15. The third-order valence-corrected chi connectivity index (χ3v) is 3.59. The molecule has 0 saturated carbocycles. The molecule has 108 valence electrons. The molecule has 21 heavy (non-hydrogen) atoms. The molecule has 0 radical (unpaired) electrons. The normalized spacial score (nSPS) is 10.0. The van der Waals surface area contributed by atoms with Crippen molar-refractivity contribution in [3.05, 3.63) is 64.1 Å². The molecule has 0 spiro atoms. The zero-order valence-electron chi connectivity index (χ0n) is 11.5. The first-order valence-corrected chi connectivity index (χ1v) is 7.25. The highest BCUT2D eigenvalue weighted by molar-refractivity contribution is 9.10. The van der Waals surface area contributed by atoms with Gasteiger partial charge in [-0.05, 0) is 40.5 Å². The minimum absolute atomic E-state index is 0.322. The molecular formula is C16H15BrN2O2. The molecule has 2 aromatic rings. The van der Waals surface area contributed by atoms with E-state index in [4.69, 9.17) is 0 Å². The number of halogens is 1. The van der Waals surface area contributed by atoms with Crippen molar-refractivity contribution < 1.29 is 9.59 Å². The molecule has 0 aliphatic heterocycles. The van der Waals surface area contributed by atoms with Gasteiger partial charge in [0, 0.05) is 11.0 Å². The summed E-state index contributed by atoms with van der Waals surface area (Å²) in [5.41, 5.74) is 2.66. The third kappa shape index (κ3) is 4.43. The summed E-state index contributed by atoms with van der Waals surface area (Å²) in [6, 6.07) is 14.9. The van der Waals surface area contributed by atoms with Crippen LogP contribution in [0.5, 0.6) is 0 Å². The number of aryl methyl sites for hydroxylation is 1. The minimum Gasteiger partial charge on any atom is -0.344 e. The highest BCUT2D eigenvalue weighted by Crippen LogP contribution is 2.20. The van der Waals surface area contributed by atoms with Crippen LogP contribution in [0, 0.1) is 6.92 Å². The molecule has 0 fully saturated rings. The summed E-state index contributed by atoms with van der Waals surface area (Å²) in [6.07, 6.45) is 0. The van der Waals surface area contributed by atoms with E-state index in [0.717, 1.165) is 15.6 Å². The Bertz CT molecular complexity index is 654. The van der Waals surface area contributed by atoms with Crippen LogP contribution in [0.4, 0.5) is 5.69 Å². The third-order valence-electron chi connectivity index (χ3n) is 2.90. The molecular weight excluding hydrogens is 332 g/mol. The highest BCUT2D eigenvalue weighted by Gasteiger charge is 2.14. The Balaban J connectivity index is 1.90. The molecule has 5 heteroatoms. The van der Waals surface area contributed by atoms with E-state index >= 15 is 0 Å². The number of carbonyl (C=O) groups excluding carboxylic acids is 2. The minimum atomic E-state index is -0.686. The maximum Gasteiger partial charge on any atom is 0.313 e. The van der Waals surface area contributed by atoms with Crippen molar-refractivity contribution in [2.24, 2.45) is 0 Å². The first-order chi connectivity index (χ1) is 10.1. The van der Waals surface area contributed by atoms with E-state index in [1.54, 1.807) is 18.2 Å². The lowest BCUT2D eigenvalue weighted by Crippen LogP contribution is -2.35. The van der Waals surface area contributed by atoms with Gasteiger partial charge in [0.1, 0.15) is 0 Å². The summed E-state index contributed by atoms with van der Waals surface area (Å²) in [4.78, 5) is 23.6. The predicted octanol–water partition coefficient (Wildman–Crippen LogP) is 3.01. The number of carbonyl (C=O) groups is 2. The Morgan fingerprint density at radius 2 is 1.67 bits per heavy atom. The highest BCUT2D eigenvalue weighted by atomic mass is 79.9. The molecule has 2 aromatic carbocycles. The number of anilines is 1. The van der Waals surface area contributed by atoms with Gasteiger partial charge in [0.05, 0.1) is 5.69 Å². The van der Waals surface area contributed by atoms with Crippen LogP contribution in [-0.4, -0.2) is 11.8 Å². The largest absolute Gasteiger partial charge is 0.344 e. The molecule has 2 rings (SSSR count). The van der Waals surface area contributed by atoms with Gasteiger partial charge < -0.3 is 10.6 Å². The first kappa shape index (κ1) is 15.3. The van der Waals surface area contributed by atoms with Crippen molar-refractivity contribution in [3.63, 3.8) is 0 Å². The second-order valence-corrected chi connectivity index (χ2v) is 5.46. The van der Waals surface area contributed by atoms with Crippen LogP contribution in [-0.2, 0) is 16.1 Å². The number of amides is 2. The van der Waals surface area contributed by atoms with Crippen LogP contribution in [0.3, 0.4) is 0 Å². The van der Waals surface area contributed by atoms with E-state index in [-0.39, 0.29) is 0 Å². The predicted molar refractivity (Wildman–Crippen MR) is 85.8 cm³/mol. The van der Waals surface area contributed by atoms with Crippen molar-refractivity contribution in [3.8, 4) is 0 Å². The Morgan fingerprint density at radius 3 is 2.33 bits per heavy atom. The lowest BCUT2D eigenvalue weighted by Gasteiger charge is -2.08. The number of benzene rings is 2. The van der Waals surface area contributed by atoms with Crippen LogP contribution in [0.1, 0.15) is 11.1 Å². The summed E-state index contributed by atoms with van der Waals surface area (Å²) < 4.78 is 0.727. The van der Waals surface area contributed by atoms with E-state index in [2.05, 4.69) is 26.6 Å². The van der Waals surface area contributed by atoms with Crippen LogP contribution in [0.25, 0.3) is 0 Å². The standard InChI is InChI=1S/C16H15BrN2O2/c1-11-6-8-12(9-7-11)10-18-15(20)16(21)19-14-5-3-2-4-13(14)17/h2-9H,10H2,1H3,(H,18,20)(H,19,21). The number of hydrogen-bond donors (Lipinski definition) is 2. The monoisotopic (exact) mass is 346 g/mol. The van der Waals surface area contributed by atoms with Crippen molar-refractivity contribution in [1.29, 1.82) is 0 Å². The van der Waals surface area contributed by atoms with E-state index < -0.39 is 11.8 Å². The maximum atomic E-state index is 11.8. The van der Waals surface area contributed by atoms with E-state index in [1.807, 2.05) is 37.3 Å². The summed E-state index contributed by atoms with van der Waals surface area (Å²) >= 11 is 3.31. The molecule has 0 aromatic heterocycles. The quantitative estimate of drug-likeness (QED) is 0.839. The van der Waals surface area contributed by atoms with E-state index in [9.17, 15) is 9.59 Å². The van der Waals surface area contributed by atoms with Crippen molar-refractivity contribution in [2.75, 3.05) is 5.32 Å². The molecule has 2 amide bonds. The van der Waals surface area contributed by atoms with Crippen LogP contribution >= 0.6 is 15.9 Å². The first-order valence-electron chi connectivity index (χ1n) is 6.45. The molecule has 0 heterocycles. The molecule has 2 N–H and O–H groups in total. The van der Waals surface area contributed by atoms with Crippen LogP contribution < -0.4 is 10.6 Å². The van der Waals surface area contributed by atoms with Crippen LogP contribution in [0.2, 0.25) is 0 Å².